The number of nitrogens with zero attached hydrogens (tertiary/aromatic N) is 1. The Bertz CT molecular complexity index is 839. The first kappa shape index (κ1) is 13.8. The molecule has 0 aliphatic heterocycles. The highest BCUT2D eigenvalue weighted by Crippen LogP contribution is 2.73. The Labute approximate surface area is 132 Å². The van der Waals surface area contributed by atoms with Crippen molar-refractivity contribution in [2.24, 2.45) is 5.41 Å². The lowest BCUT2D eigenvalue weighted by molar-refractivity contribution is -0.539. The van der Waals surface area contributed by atoms with Crippen molar-refractivity contribution >= 4 is 11.6 Å². The van der Waals surface area contributed by atoms with E-state index in [1.165, 1.54) is 6.92 Å². The lowest BCUT2D eigenvalue weighted by atomic mass is 9.92. The van der Waals surface area contributed by atoms with E-state index in [4.69, 9.17) is 0 Å². The number of hydrogen-bond donors (Lipinski definition) is 0. The predicted molar refractivity (Wildman–Crippen MR) is 82.1 cm³/mol. The first-order valence-electron chi connectivity index (χ1n) is 7.35. The molecule has 0 radical (unpaired) electrons. The van der Waals surface area contributed by atoms with Gasteiger partial charge in [0, 0.05) is 23.0 Å². The van der Waals surface area contributed by atoms with Crippen LogP contribution >= 0.6 is 0 Å². The number of carbonyl (C=O) groups is 2. The van der Waals surface area contributed by atoms with E-state index in [-0.39, 0.29) is 0 Å². The van der Waals surface area contributed by atoms with Crippen molar-refractivity contribution in [3.8, 4) is 0 Å². The second kappa shape index (κ2) is 4.13. The summed E-state index contributed by atoms with van der Waals surface area (Å²) < 4.78 is 0. The molecule has 0 heterocycles. The van der Waals surface area contributed by atoms with Gasteiger partial charge in [0.15, 0.2) is 17.0 Å². The minimum absolute atomic E-state index is 0.295. The van der Waals surface area contributed by atoms with Gasteiger partial charge in [0.1, 0.15) is 0 Å². The molecule has 0 amide bonds. The van der Waals surface area contributed by atoms with E-state index in [1.807, 2.05) is 0 Å². The fourth-order valence-electron chi connectivity index (χ4n) is 4.20. The van der Waals surface area contributed by atoms with Crippen LogP contribution in [0.2, 0.25) is 0 Å². The van der Waals surface area contributed by atoms with Crippen LogP contribution < -0.4 is 0 Å². The van der Waals surface area contributed by atoms with Gasteiger partial charge in [-0.05, 0) is 5.56 Å². The molecular formula is C18H13NO4. The molecule has 5 nitrogen and oxygen atoms in total. The third-order valence-corrected chi connectivity index (χ3v) is 5.35. The molecule has 1 spiro atoms. The highest BCUT2D eigenvalue weighted by Gasteiger charge is 2.92. The fourth-order valence-corrected chi connectivity index (χ4v) is 4.20. The number of Topliss-reactive ketones (excluding diaryl/α,β-unsaturated/α-hetero) is 2. The van der Waals surface area contributed by atoms with E-state index in [1.54, 1.807) is 54.6 Å². The largest absolute Gasteiger partial charge is 0.293 e. The quantitative estimate of drug-likeness (QED) is 0.485. The van der Waals surface area contributed by atoms with Gasteiger partial charge in [-0.2, -0.15) is 0 Å². The van der Waals surface area contributed by atoms with E-state index in [0.717, 1.165) is 0 Å². The zero-order chi connectivity index (χ0) is 16.4. The molecule has 2 atom stereocenters. The molecule has 0 unspecified atom stereocenters. The molecule has 4 rings (SSSR count). The second-order valence-corrected chi connectivity index (χ2v) is 6.26. The van der Waals surface area contributed by atoms with Crippen LogP contribution in [0.1, 0.15) is 39.1 Å². The van der Waals surface area contributed by atoms with Gasteiger partial charge in [0.2, 0.25) is 5.54 Å². The molecule has 0 aromatic heterocycles. The Morgan fingerprint density at radius 1 is 0.913 bits per heavy atom. The van der Waals surface area contributed by atoms with Crippen LogP contribution in [0, 0.1) is 15.5 Å². The molecule has 23 heavy (non-hydrogen) atoms. The number of nitro groups is 1. The van der Waals surface area contributed by atoms with Gasteiger partial charge in [0.05, 0.1) is 5.92 Å². The highest BCUT2D eigenvalue weighted by atomic mass is 16.6. The summed E-state index contributed by atoms with van der Waals surface area (Å²) in [6.45, 7) is 1.41. The van der Waals surface area contributed by atoms with Crippen molar-refractivity contribution < 1.29 is 14.5 Å². The molecule has 114 valence electrons. The summed E-state index contributed by atoms with van der Waals surface area (Å²) in [5.41, 5.74) is -1.97. The van der Waals surface area contributed by atoms with Crippen molar-refractivity contribution in [1.82, 2.24) is 0 Å². The highest BCUT2D eigenvalue weighted by molar-refractivity contribution is 6.33. The van der Waals surface area contributed by atoms with E-state index < -0.39 is 33.4 Å². The van der Waals surface area contributed by atoms with Crippen LogP contribution in [0.5, 0.6) is 0 Å². The maximum Gasteiger partial charge on any atom is 0.248 e. The fraction of sp³-hybridized carbons (Fsp3) is 0.222. The molecular weight excluding hydrogens is 294 g/mol. The number of carbonyl (C=O) groups excluding carboxylic acids is 2. The smallest absolute Gasteiger partial charge is 0.248 e. The van der Waals surface area contributed by atoms with Crippen LogP contribution in [0.4, 0.5) is 0 Å². The van der Waals surface area contributed by atoms with E-state index >= 15 is 0 Å². The summed E-state index contributed by atoms with van der Waals surface area (Å²) >= 11 is 0. The van der Waals surface area contributed by atoms with Gasteiger partial charge >= 0.3 is 0 Å². The molecule has 5 heteroatoms. The zero-order valence-electron chi connectivity index (χ0n) is 12.4. The van der Waals surface area contributed by atoms with Crippen molar-refractivity contribution in [3.63, 3.8) is 0 Å². The third-order valence-electron chi connectivity index (χ3n) is 5.35. The van der Waals surface area contributed by atoms with Gasteiger partial charge in [-0.15, -0.1) is 0 Å². The summed E-state index contributed by atoms with van der Waals surface area (Å²) in [4.78, 5) is 37.2. The van der Waals surface area contributed by atoms with Crippen molar-refractivity contribution in [1.29, 1.82) is 0 Å². The Hall–Kier alpha value is -2.82. The lowest BCUT2D eigenvalue weighted by Gasteiger charge is -2.06. The van der Waals surface area contributed by atoms with Gasteiger partial charge in [-0.3, -0.25) is 19.7 Å². The summed E-state index contributed by atoms with van der Waals surface area (Å²) in [6, 6.07) is 15.3. The molecule has 1 fully saturated rings. The van der Waals surface area contributed by atoms with Crippen LogP contribution in [0.3, 0.4) is 0 Å². The Morgan fingerprint density at radius 3 is 1.87 bits per heavy atom. The maximum atomic E-state index is 13.0. The summed E-state index contributed by atoms with van der Waals surface area (Å²) in [5, 5.41) is 11.8. The topological polar surface area (TPSA) is 77.3 Å². The molecule has 1 saturated carbocycles. The minimum atomic E-state index is -1.61. The molecule has 0 N–H and O–H groups in total. The number of rotatable bonds is 2. The minimum Gasteiger partial charge on any atom is -0.293 e. The molecule has 2 aliphatic carbocycles. The average molecular weight is 307 g/mol. The van der Waals surface area contributed by atoms with Crippen LogP contribution in [-0.4, -0.2) is 22.0 Å². The molecule has 2 aromatic carbocycles. The normalized spacial score (nSPS) is 27.1. The lowest BCUT2D eigenvalue weighted by Crippen LogP contribution is -2.33. The van der Waals surface area contributed by atoms with E-state index in [9.17, 15) is 19.7 Å². The van der Waals surface area contributed by atoms with Gasteiger partial charge in [0.25, 0.3) is 0 Å². The van der Waals surface area contributed by atoms with Crippen molar-refractivity contribution in [3.05, 3.63) is 81.4 Å². The monoisotopic (exact) mass is 307 g/mol. The van der Waals surface area contributed by atoms with E-state index in [2.05, 4.69) is 0 Å². The van der Waals surface area contributed by atoms with Gasteiger partial charge in [-0.25, -0.2) is 0 Å². The number of hydrogen-bond acceptors (Lipinski definition) is 4. The first-order chi connectivity index (χ1) is 11.0. The first-order valence-corrected chi connectivity index (χ1v) is 7.35. The number of fused-ring (bicyclic) bond motifs is 1. The molecule has 0 saturated heterocycles. The summed E-state index contributed by atoms with van der Waals surface area (Å²) in [5.74, 6) is -1.59. The van der Waals surface area contributed by atoms with Crippen molar-refractivity contribution in [2.75, 3.05) is 0 Å². The van der Waals surface area contributed by atoms with Gasteiger partial charge in [-0.1, -0.05) is 54.6 Å². The van der Waals surface area contributed by atoms with Gasteiger partial charge < -0.3 is 0 Å². The third kappa shape index (κ3) is 1.33. The second-order valence-electron chi connectivity index (χ2n) is 6.26. The maximum absolute atomic E-state index is 13.0. The van der Waals surface area contributed by atoms with Crippen LogP contribution in [0.15, 0.2) is 54.6 Å². The average Bonchev–Trinajstić information content (AvgIpc) is 3.09. The Balaban J connectivity index is 1.96. The van der Waals surface area contributed by atoms with Crippen LogP contribution in [0.25, 0.3) is 0 Å². The predicted octanol–water partition coefficient (Wildman–Crippen LogP) is 2.88. The van der Waals surface area contributed by atoms with Crippen molar-refractivity contribution in [2.45, 2.75) is 18.4 Å². The summed E-state index contributed by atoms with van der Waals surface area (Å²) in [6.07, 6.45) is 0. The number of benzene rings is 2. The summed E-state index contributed by atoms with van der Waals surface area (Å²) in [7, 11) is 0. The van der Waals surface area contributed by atoms with Crippen LogP contribution in [-0.2, 0) is 0 Å². The SMILES string of the molecule is C[C@]1([N+](=O)[O-])[C@H](c2ccccc2)C12C(=O)c1ccccc1C2=O. The molecule has 2 aliphatic rings. The molecule has 0 bridgehead atoms. The Morgan fingerprint density at radius 2 is 1.39 bits per heavy atom. The van der Waals surface area contributed by atoms with E-state index in [0.29, 0.717) is 16.7 Å². The standard InChI is InChI=1S/C18H13NO4/c1-17(19(22)23)14(11-7-3-2-4-8-11)18(17)15(20)12-9-5-6-10-13(12)16(18)21/h2-10,14H,1H3/t14-,17-/m0/s1. The Kier molecular flexibility index (Phi) is 2.48. The zero-order valence-corrected chi connectivity index (χ0v) is 12.4. The molecule has 2 aromatic rings. The number of ketones is 2.